The Morgan fingerprint density at radius 3 is 2.74 bits per heavy atom. The number of rotatable bonds is 7. The molecule has 19 heavy (non-hydrogen) atoms. The van der Waals surface area contributed by atoms with E-state index < -0.39 is 0 Å². The average Bonchev–Trinajstić information content (AvgIpc) is 2.34. The van der Waals surface area contributed by atoms with E-state index in [9.17, 15) is 9.90 Å². The highest BCUT2D eigenvalue weighted by Gasteiger charge is 2.15. The molecule has 1 aromatic rings. The lowest BCUT2D eigenvalue weighted by Gasteiger charge is -2.24. The van der Waals surface area contributed by atoms with E-state index >= 15 is 0 Å². The van der Waals surface area contributed by atoms with E-state index in [0.29, 0.717) is 25.4 Å². The first-order chi connectivity index (χ1) is 9.02. The first kappa shape index (κ1) is 15.5. The van der Waals surface area contributed by atoms with Gasteiger partial charge in [-0.3, -0.25) is 4.79 Å². The van der Waals surface area contributed by atoms with Gasteiger partial charge < -0.3 is 15.7 Å². The number of hydrogen-bond acceptors (Lipinski definition) is 3. The van der Waals surface area contributed by atoms with Crippen LogP contribution in [-0.2, 0) is 11.2 Å². The number of nitrogens with two attached hydrogens (primary N) is 1. The minimum absolute atomic E-state index is 0.0905. The zero-order valence-corrected chi connectivity index (χ0v) is 11.8. The number of phenols is 1. The molecular weight excluding hydrogens is 240 g/mol. The van der Waals surface area contributed by atoms with Gasteiger partial charge in [0.15, 0.2) is 0 Å². The molecular formula is C15H24N2O2. The van der Waals surface area contributed by atoms with Gasteiger partial charge in [-0.15, -0.1) is 0 Å². The molecule has 1 amide bonds. The van der Waals surface area contributed by atoms with Crippen LogP contribution in [0.2, 0.25) is 0 Å². The number of amides is 1. The van der Waals surface area contributed by atoms with E-state index in [-0.39, 0.29) is 11.7 Å². The molecule has 0 heterocycles. The fraction of sp³-hybridized carbons (Fsp3) is 0.533. The number of benzene rings is 1. The molecule has 0 bridgehead atoms. The van der Waals surface area contributed by atoms with Gasteiger partial charge in [-0.2, -0.15) is 0 Å². The summed E-state index contributed by atoms with van der Waals surface area (Å²) in [7, 11) is 0. The normalized spacial score (nSPS) is 10.7. The Labute approximate surface area is 115 Å². The molecule has 0 saturated heterocycles. The lowest BCUT2D eigenvalue weighted by molar-refractivity contribution is -0.131. The second-order valence-electron chi connectivity index (χ2n) is 5.22. The van der Waals surface area contributed by atoms with E-state index in [1.165, 1.54) is 0 Å². The minimum atomic E-state index is 0.0905. The van der Waals surface area contributed by atoms with Crippen molar-refractivity contribution in [1.29, 1.82) is 0 Å². The molecule has 4 nitrogen and oxygen atoms in total. The Hall–Kier alpha value is -1.55. The maximum absolute atomic E-state index is 12.3. The minimum Gasteiger partial charge on any atom is -0.508 e. The quantitative estimate of drug-likeness (QED) is 0.788. The lowest BCUT2D eigenvalue weighted by Crippen LogP contribution is -2.36. The number of nitrogens with zero attached hydrogens (tertiary/aromatic N) is 1. The predicted molar refractivity (Wildman–Crippen MR) is 76.9 cm³/mol. The van der Waals surface area contributed by atoms with Crippen LogP contribution in [0.25, 0.3) is 0 Å². The average molecular weight is 264 g/mol. The van der Waals surface area contributed by atoms with Gasteiger partial charge in [0.25, 0.3) is 0 Å². The summed E-state index contributed by atoms with van der Waals surface area (Å²) in [5, 5.41) is 9.41. The van der Waals surface area contributed by atoms with E-state index in [1.807, 2.05) is 11.0 Å². The van der Waals surface area contributed by atoms with Gasteiger partial charge in [0.1, 0.15) is 5.75 Å². The molecule has 0 aromatic heterocycles. The Bertz CT molecular complexity index is 405. The van der Waals surface area contributed by atoms with Crippen LogP contribution < -0.4 is 5.73 Å². The standard InChI is InChI=1S/C15H24N2O2/c1-12(2)11-17(8-4-7-16)15(19)10-13-5-3-6-14(18)9-13/h3,5-6,9,12,18H,4,7-8,10-11,16H2,1-2H3. The van der Waals surface area contributed by atoms with Crippen LogP contribution in [0, 0.1) is 5.92 Å². The molecule has 0 aliphatic heterocycles. The third kappa shape index (κ3) is 5.75. The van der Waals surface area contributed by atoms with Gasteiger partial charge in [0.2, 0.25) is 5.91 Å². The molecule has 0 unspecified atom stereocenters. The summed E-state index contributed by atoms with van der Waals surface area (Å²) >= 11 is 0. The Balaban J connectivity index is 2.65. The summed E-state index contributed by atoms with van der Waals surface area (Å²) < 4.78 is 0. The SMILES string of the molecule is CC(C)CN(CCCN)C(=O)Cc1cccc(O)c1. The predicted octanol–water partition coefficient (Wildman–Crippen LogP) is 1.77. The zero-order chi connectivity index (χ0) is 14.3. The Morgan fingerprint density at radius 2 is 2.16 bits per heavy atom. The molecule has 3 N–H and O–H groups in total. The summed E-state index contributed by atoms with van der Waals surface area (Å²) in [6, 6.07) is 6.85. The van der Waals surface area contributed by atoms with Gasteiger partial charge in [-0.1, -0.05) is 26.0 Å². The van der Waals surface area contributed by atoms with E-state index in [0.717, 1.165) is 18.5 Å². The van der Waals surface area contributed by atoms with Crippen molar-refractivity contribution in [2.75, 3.05) is 19.6 Å². The van der Waals surface area contributed by atoms with Gasteiger partial charge in [-0.05, 0) is 36.6 Å². The molecule has 1 rings (SSSR count). The maximum atomic E-state index is 12.3. The number of phenolic OH excluding ortho intramolecular Hbond substituents is 1. The second-order valence-corrected chi connectivity index (χ2v) is 5.22. The van der Waals surface area contributed by atoms with Gasteiger partial charge in [0.05, 0.1) is 6.42 Å². The number of carbonyl (C=O) groups excluding carboxylic acids is 1. The van der Waals surface area contributed by atoms with Crippen molar-refractivity contribution in [3.63, 3.8) is 0 Å². The highest BCUT2D eigenvalue weighted by atomic mass is 16.3. The summed E-state index contributed by atoms with van der Waals surface area (Å²) in [5.41, 5.74) is 6.35. The number of hydrogen-bond donors (Lipinski definition) is 2. The zero-order valence-electron chi connectivity index (χ0n) is 11.8. The summed E-state index contributed by atoms with van der Waals surface area (Å²) in [4.78, 5) is 14.1. The van der Waals surface area contributed by atoms with Crippen LogP contribution >= 0.6 is 0 Å². The third-order valence-electron chi connectivity index (χ3n) is 2.84. The molecule has 4 heteroatoms. The van der Waals surface area contributed by atoms with Crippen molar-refractivity contribution in [3.05, 3.63) is 29.8 Å². The molecule has 0 aliphatic carbocycles. The smallest absolute Gasteiger partial charge is 0.227 e. The van der Waals surface area contributed by atoms with Gasteiger partial charge in [-0.25, -0.2) is 0 Å². The van der Waals surface area contributed by atoms with Crippen molar-refractivity contribution < 1.29 is 9.90 Å². The number of carbonyl (C=O) groups is 1. The van der Waals surface area contributed by atoms with Gasteiger partial charge >= 0.3 is 0 Å². The molecule has 0 saturated carbocycles. The van der Waals surface area contributed by atoms with E-state index in [4.69, 9.17) is 5.73 Å². The lowest BCUT2D eigenvalue weighted by atomic mass is 10.1. The summed E-state index contributed by atoms with van der Waals surface area (Å²) in [6.45, 7) is 6.23. The molecule has 1 aromatic carbocycles. The molecule has 0 atom stereocenters. The molecule has 0 aliphatic rings. The summed E-state index contributed by atoms with van der Waals surface area (Å²) in [6.07, 6.45) is 1.14. The van der Waals surface area contributed by atoms with E-state index in [1.54, 1.807) is 18.2 Å². The van der Waals surface area contributed by atoms with Crippen LogP contribution in [-0.4, -0.2) is 35.5 Å². The fourth-order valence-electron chi connectivity index (χ4n) is 1.99. The van der Waals surface area contributed by atoms with Crippen LogP contribution in [0.15, 0.2) is 24.3 Å². The van der Waals surface area contributed by atoms with Crippen molar-refractivity contribution >= 4 is 5.91 Å². The van der Waals surface area contributed by atoms with Crippen molar-refractivity contribution in [2.24, 2.45) is 11.7 Å². The molecule has 0 fully saturated rings. The first-order valence-electron chi connectivity index (χ1n) is 6.78. The monoisotopic (exact) mass is 264 g/mol. The van der Waals surface area contributed by atoms with Crippen LogP contribution in [0.5, 0.6) is 5.75 Å². The van der Waals surface area contributed by atoms with Crippen LogP contribution in [0.4, 0.5) is 0 Å². The maximum Gasteiger partial charge on any atom is 0.227 e. The molecule has 0 radical (unpaired) electrons. The van der Waals surface area contributed by atoms with Crippen molar-refractivity contribution in [3.8, 4) is 5.75 Å². The first-order valence-corrected chi connectivity index (χ1v) is 6.78. The van der Waals surface area contributed by atoms with Crippen molar-refractivity contribution in [1.82, 2.24) is 4.90 Å². The summed E-state index contributed by atoms with van der Waals surface area (Å²) in [5.74, 6) is 0.723. The highest BCUT2D eigenvalue weighted by Crippen LogP contribution is 2.13. The van der Waals surface area contributed by atoms with Crippen molar-refractivity contribution in [2.45, 2.75) is 26.7 Å². The van der Waals surface area contributed by atoms with Gasteiger partial charge in [0, 0.05) is 13.1 Å². The number of aromatic hydroxyl groups is 1. The topological polar surface area (TPSA) is 66.6 Å². The Morgan fingerprint density at radius 1 is 1.42 bits per heavy atom. The van der Waals surface area contributed by atoms with Crippen LogP contribution in [0.1, 0.15) is 25.8 Å². The largest absolute Gasteiger partial charge is 0.508 e. The van der Waals surface area contributed by atoms with E-state index in [2.05, 4.69) is 13.8 Å². The third-order valence-corrected chi connectivity index (χ3v) is 2.84. The second kappa shape index (κ2) is 7.79. The van der Waals surface area contributed by atoms with Crippen LogP contribution in [0.3, 0.4) is 0 Å². The molecule has 106 valence electrons. The molecule has 0 spiro atoms. The highest BCUT2D eigenvalue weighted by molar-refractivity contribution is 5.78. The fourth-order valence-corrected chi connectivity index (χ4v) is 1.99. The Kier molecular flexibility index (Phi) is 6.36.